The molecule has 12 heteroatoms. The summed E-state index contributed by atoms with van der Waals surface area (Å²) < 4.78 is 21.2. The molecule has 0 aliphatic heterocycles. The van der Waals surface area contributed by atoms with Crippen molar-refractivity contribution in [2.75, 3.05) is 65.9 Å². The van der Waals surface area contributed by atoms with Gasteiger partial charge in [-0.3, -0.25) is 24.5 Å². The van der Waals surface area contributed by atoms with Gasteiger partial charge in [0.2, 0.25) is 11.8 Å². The average Bonchev–Trinajstić information content (AvgIpc) is 2.78. The second-order valence-electron chi connectivity index (χ2n) is 10.5. The van der Waals surface area contributed by atoms with Gasteiger partial charge in [-0.2, -0.15) is 0 Å². The largest absolute Gasteiger partial charge is 0.480 e. The maximum absolute atomic E-state index is 11.9. The smallest absolute Gasteiger partial charge is 0.320 e. The number of carbonyl (C=O) groups is 4. The molecule has 0 aromatic rings. The summed E-state index contributed by atoms with van der Waals surface area (Å²) in [5.74, 6) is -1.47. The first-order valence-corrected chi connectivity index (χ1v) is 12.6. The van der Waals surface area contributed by atoms with Gasteiger partial charge in [-0.05, 0) is 27.2 Å². The molecule has 12 nitrogen and oxygen atoms in total. The van der Waals surface area contributed by atoms with Crippen LogP contribution in [0.4, 0.5) is 0 Å². The fraction of sp³-hybridized carbons (Fsp3) is 0.840. The van der Waals surface area contributed by atoms with Gasteiger partial charge >= 0.3 is 5.97 Å². The summed E-state index contributed by atoms with van der Waals surface area (Å²) in [5, 5.41) is 17.6. The van der Waals surface area contributed by atoms with Crippen LogP contribution < -0.4 is 16.0 Å². The summed E-state index contributed by atoms with van der Waals surface area (Å²) in [6.45, 7) is 13.4. The molecule has 0 bridgehead atoms. The number of hydrogen-bond acceptors (Lipinski definition) is 9. The number of carboxylic acid groups (broad SMARTS) is 1. The van der Waals surface area contributed by atoms with E-state index in [1.165, 1.54) is 0 Å². The predicted molar refractivity (Wildman–Crippen MR) is 137 cm³/mol. The number of amides is 2. The molecule has 0 aliphatic carbocycles. The highest BCUT2D eigenvalue weighted by Gasteiger charge is 2.24. The molecular weight excluding hydrogens is 486 g/mol. The summed E-state index contributed by atoms with van der Waals surface area (Å²) >= 11 is 0. The molecular formula is C25H47N3O9. The summed E-state index contributed by atoms with van der Waals surface area (Å²) in [5.41, 5.74) is -0.784. The zero-order chi connectivity index (χ0) is 28.3. The molecule has 2 amide bonds. The highest BCUT2D eigenvalue weighted by atomic mass is 16.5. The Bertz CT molecular complexity index is 688. The highest BCUT2D eigenvalue weighted by molar-refractivity contribution is 5.84. The Balaban J connectivity index is 3.59. The van der Waals surface area contributed by atoms with Crippen LogP contribution in [0.15, 0.2) is 0 Å². The quantitative estimate of drug-likeness (QED) is 0.153. The maximum Gasteiger partial charge on any atom is 0.320 e. The van der Waals surface area contributed by atoms with Gasteiger partial charge in [0.15, 0.2) is 5.78 Å². The number of ketones is 1. The molecule has 0 aliphatic rings. The fourth-order valence-corrected chi connectivity index (χ4v) is 2.71. The Morgan fingerprint density at radius 1 is 0.703 bits per heavy atom. The number of Topliss-reactive ketones (excluding diaryl/α,β-unsaturated/α-hetero) is 1. The van der Waals surface area contributed by atoms with Crippen LogP contribution in [0, 0.1) is 5.41 Å². The first-order valence-electron chi connectivity index (χ1n) is 12.6. The molecule has 0 saturated carbocycles. The molecule has 0 radical (unpaired) electrons. The number of aliphatic carboxylic acids is 1. The van der Waals surface area contributed by atoms with Crippen molar-refractivity contribution in [1.29, 1.82) is 0 Å². The molecule has 0 rings (SSSR count). The number of carboxylic acids is 1. The normalized spacial score (nSPS) is 12.7. The standard InChI is InChI=1S/C25H47N3O9/c1-24(2,3)20(29)17-36-15-13-35-12-10-27-22(31)18-37-16-14-34-11-9-26-21(30)8-7-19(23(32)33)28-25(4,5)6/h19,28H,7-18H2,1-6H3,(H,26,30)(H,27,31)(H,32,33)/t19-/m1/s1. The van der Waals surface area contributed by atoms with Crippen molar-refractivity contribution < 1.29 is 43.2 Å². The van der Waals surface area contributed by atoms with Gasteiger partial charge in [0, 0.05) is 30.5 Å². The average molecular weight is 534 g/mol. The minimum absolute atomic E-state index is 0.0321. The van der Waals surface area contributed by atoms with E-state index in [2.05, 4.69) is 16.0 Å². The van der Waals surface area contributed by atoms with E-state index < -0.39 is 17.4 Å². The Morgan fingerprint density at radius 2 is 1.19 bits per heavy atom. The third-order valence-electron chi connectivity index (χ3n) is 4.75. The van der Waals surface area contributed by atoms with E-state index in [1.807, 2.05) is 41.5 Å². The van der Waals surface area contributed by atoms with Gasteiger partial charge in [0.1, 0.15) is 19.3 Å². The molecule has 216 valence electrons. The summed E-state index contributed by atoms with van der Waals surface area (Å²) in [6.07, 6.45) is 0.283. The van der Waals surface area contributed by atoms with Crippen molar-refractivity contribution in [2.45, 2.75) is 66.0 Å². The lowest BCUT2D eigenvalue weighted by Gasteiger charge is -2.25. The Morgan fingerprint density at radius 3 is 1.68 bits per heavy atom. The molecule has 4 N–H and O–H groups in total. The monoisotopic (exact) mass is 533 g/mol. The SMILES string of the molecule is CC(C)(C)N[C@H](CCC(=O)NCCOCCOCC(=O)NCCOCCOCC(=O)C(C)(C)C)C(=O)O. The number of nitrogens with one attached hydrogen (secondary N) is 3. The fourth-order valence-electron chi connectivity index (χ4n) is 2.71. The Kier molecular flexibility index (Phi) is 17.9. The Hall–Kier alpha value is -2.12. The van der Waals surface area contributed by atoms with E-state index in [0.717, 1.165) is 0 Å². The van der Waals surface area contributed by atoms with Crippen LogP contribution in [-0.2, 0) is 38.1 Å². The lowest BCUT2D eigenvalue weighted by molar-refractivity contribution is -0.140. The molecule has 0 fully saturated rings. The molecule has 0 aromatic heterocycles. The summed E-state index contributed by atoms with van der Waals surface area (Å²) in [6, 6.07) is -0.792. The molecule has 0 unspecified atom stereocenters. The summed E-state index contributed by atoms with van der Waals surface area (Å²) in [7, 11) is 0. The highest BCUT2D eigenvalue weighted by Crippen LogP contribution is 2.14. The van der Waals surface area contributed by atoms with Gasteiger partial charge in [0.25, 0.3) is 0 Å². The van der Waals surface area contributed by atoms with E-state index in [1.54, 1.807) is 0 Å². The third kappa shape index (κ3) is 21.7. The van der Waals surface area contributed by atoms with E-state index >= 15 is 0 Å². The van der Waals surface area contributed by atoms with Gasteiger partial charge < -0.3 is 34.7 Å². The minimum atomic E-state index is -0.986. The van der Waals surface area contributed by atoms with E-state index in [9.17, 15) is 24.3 Å². The van der Waals surface area contributed by atoms with Crippen LogP contribution >= 0.6 is 0 Å². The van der Waals surface area contributed by atoms with Crippen LogP contribution in [-0.4, -0.2) is 106 Å². The first kappa shape index (κ1) is 34.9. The van der Waals surface area contributed by atoms with Gasteiger partial charge in [-0.25, -0.2) is 0 Å². The third-order valence-corrected chi connectivity index (χ3v) is 4.75. The molecule has 37 heavy (non-hydrogen) atoms. The molecule has 0 aromatic carbocycles. The summed E-state index contributed by atoms with van der Waals surface area (Å²) in [4.78, 5) is 46.6. The van der Waals surface area contributed by atoms with Crippen LogP contribution in [0.25, 0.3) is 0 Å². The zero-order valence-electron chi connectivity index (χ0n) is 23.3. The van der Waals surface area contributed by atoms with Crippen LogP contribution in [0.3, 0.4) is 0 Å². The van der Waals surface area contributed by atoms with Crippen molar-refractivity contribution >= 4 is 23.6 Å². The van der Waals surface area contributed by atoms with E-state index in [0.29, 0.717) is 32.9 Å². The lowest BCUT2D eigenvalue weighted by atomic mass is 9.91. The molecule has 0 spiro atoms. The minimum Gasteiger partial charge on any atom is -0.480 e. The van der Waals surface area contributed by atoms with E-state index in [-0.39, 0.29) is 69.0 Å². The van der Waals surface area contributed by atoms with Crippen molar-refractivity contribution in [3.05, 3.63) is 0 Å². The topological polar surface area (TPSA) is 162 Å². The van der Waals surface area contributed by atoms with Gasteiger partial charge in [0.05, 0.1) is 39.6 Å². The molecule has 1 atom stereocenters. The van der Waals surface area contributed by atoms with Crippen molar-refractivity contribution in [1.82, 2.24) is 16.0 Å². The zero-order valence-corrected chi connectivity index (χ0v) is 23.3. The second kappa shape index (κ2) is 19.0. The number of hydrogen-bond donors (Lipinski definition) is 4. The number of rotatable bonds is 21. The van der Waals surface area contributed by atoms with Crippen molar-refractivity contribution in [3.8, 4) is 0 Å². The van der Waals surface area contributed by atoms with Crippen LogP contribution in [0.5, 0.6) is 0 Å². The molecule has 0 saturated heterocycles. The first-order chi connectivity index (χ1) is 17.2. The van der Waals surface area contributed by atoms with Crippen molar-refractivity contribution in [3.63, 3.8) is 0 Å². The van der Waals surface area contributed by atoms with Crippen LogP contribution in [0.2, 0.25) is 0 Å². The van der Waals surface area contributed by atoms with Crippen molar-refractivity contribution in [2.24, 2.45) is 5.41 Å². The lowest BCUT2D eigenvalue weighted by Crippen LogP contribution is -2.48. The number of ether oxygens (including phenoxy) is 4. The van der Waals surface area contributed by atoms with Crippen LogP contribution in [0.1, 0.15) is 54.4 Å². The number of carbonyl (C=O) groups excluding carboxylic acids is 3. The molecule has 0 heterocycles. The van der Waals surface area contributed by atoms with E-state index in [4.69, 9.17) is 18.9 Å². The van der Waals surface area contributed by atoms with Gasteiger partial charge in [-0.15, -0.1) is 0 Å². The maximum atomic E-state index is 11.9. The Labute approximate surface area is 220 Å². The predicted octanol–water partition coefficient (Wildman–Crippen LogP) is 0.522. The second-order valence-corrected chi connectivity index (χ2v) is 10.5. The van der Waals surface area contributed by atoms with Gasteiger partial charge in [-0.1, -0.05) is 20.8 Å².